The first-order chi connectivity index (χ1) is 13.2. The lowest BCUT2D eigenvalue weighted by Gasteiger charge is -2.29. The summed E-state index contributed by atoms with van der Waals surface area (Å²) in [7, 11) is 0. The molecular formula is C21H23FN2O3. The zero-order valence-electron chi connectivity index (χ0n) is 15.0. The zero-order chi connectivity index (χ0) is 19.1. The van der Waals surface area contributed by atoms with Gasteiger partial charge in [-0.05, 0) is 41.5 Å². The van der Waals surface area contributed by atoms with Gasteiger partial charge in [-0.25, -0.2) is 4.39 Å². The van der Waals surface area contributed by atoms with Crippen LogP contribution in [-0.4, -0.2) is 43.9 Å². The van der Waals surface area contributed by atoms with E-state index in [4.69, 9.17) is 4.74 Å². The third-order valence-electron chi connectivity index (χ3n) is 4.42. The van der Waals surface area contributed by atoms with Gasteiger partial charge < -0.3 is 20.1 Å². The molecule has 2 aromatic carbocycles. The van der Waals surface area contributed by atoms with E-state index >= 15 is 0 Å². The van der Waals surface area contributed by atoms with Gasteiger partial charge in [0.25, 0.3) is 0 Å². The third-order valence-corrected chi connectivity index (χ3v) is 4.42. The number of carbonyl (C=O) groups is 1. The van der Waals surface area contributed by atoms with E-state index in [-0.39, 0.29) is 18.3 Å². The van der Waals surface area contributed by atoms with Crippen LogP contribution in [0.4, 0.5) is 10.1 Å². The minimum absolute atomic E-state index is 0.216. The molecular weight excluding hydrogens is 347 g/mol. The molecule has 0 spiro atoms. The van der Waals surface area contributed by atoms with Gasteiger partial charge in [0.15, 0.2) is 0 Å². The Morgan fingerprint density at radius 2 is 2.00 bits per heavy atom. The maximum Gasteiger partial charge on any atom is 0.244 e. The summed E-state index contributed by atoms with van der Waals surface area (Å²) in [4.78, 5) is 14.4. The van der Waals surface area contributed by atoms with Crippen molar-refractivity contribution in [1.29, 1.82) is 0 Å². The third kappa shape index (κ3) is 5.39. The van der Waals surface area contributed by atoms with Crippen molar-refractivity contribution in [2.45, 2.75) is 6.04 Å². The van der Waals surface area contributed by atoms with Crippen LogP contribution >= 0.6 is 0 Å². The number of ether oxygens (including phenoxy) is 1. The molecule has 0 aromatic heterocycles. The van der Waals surface area contributed by atoms with Gasteiger partial charge in [-0.1, -0.05) is 24.3 Å². The summed E-state index contributed by atoms with van der Waals surface area (Å²) >= 11 is 0. The lowest BCUT2D eigenvalue weighted by molar-refractivity contribution is -0.117. The van der Waals surface area contributed by atoms with Gasteiger partial charge in [-0.3, -0.25) is 4.79 Å². The molecule has 1 unspecified atom stereocenters. The molecule has 1 heterocycles. The highest BCUT2D eigenvalue weighted by Gasteiger charge is 2.16. The summed E-state index contributed by atoms with van der Waals surface area (Å²) in [6, 6.07) is 13.2. The Morgan fingerprint density at radius 3 is 2.74 bits per heavy atom. The number of amides is 1. The molecule has 1 saturated heterocycles. The first-order valence-electron chi connectivity index (χ1n) is 8.93. The molecule has 0 aliphatic carbocycles. The fourth-order valence-electron chi connectivity index (χ4n) is 3.00. The van der Waals surface area contributed by atoms with E-state index in [9.17, 15) is 14.3 Å². The standard InChI is InChI=1S/C21H23FN2O3/c22-18-5-1-3-16(13-18)7-8-21(26)23-20(15-25)17-4-2-6-19(14-17)24-9-11-27-12-10-24/h1-8,13-14,20,25H,9-12,15H2,(H,23,26)/b8-7+. The predicted molar refractivity (Wildman–Crippen MR) is 103 cm³/mol. The van der Waals surface area contributed by atoms with Crippen molar-refractivity contribution in [3.05, 3.63) is 71.6 Å². The molecule has 6 heteroatoms. The van der Waals surface area contributed by atoms with Gasteiger partial charge >= 0.3 is 0 Å². The number of hydrogen-bond acceptors (Lipinski definition) is 4. The number of aliphatic hydroxyl groups excluding tert-OH is 1. The van der Waals surface area contributed by atoms with Gasteiger partial charge in [0.05, 0.1) is 25.9 Å². The molecule has 0 saturated carbocycles. The summed E-state index contributed by atoms with van der Waals surface area (Å²) in [6.45, 7) is 2.79. The summed E-state index contributed by atoms with van der Waals surface area (Å²) in [5.74, 6) is -0.708. The predicted octanol–water partition coefficient (Wildman–Crippen LogP) is 2.53. The van der Waals surface area contributed by atoms with Crippen molar-refractivity contribution in [2.24, 2.45) is 0 Å². The van der Waals surface area contributed by atoms with Crippen LogP contribution in [0, 0.1) is 5.82 Å². The average Bonchev–Trinajstić information content (AvgIpc) is 2.71. The van der Waals surface area contributed by atoms with Gasteiger partial charge in [0, 0.05) is 24.9 Å². The molecule has 2 N–H and O–H groups in total. The maximum atomic E-state index is 13.2. The minimum atomic E-state index is -0.518. The van der Waals surface area contributed by atoms with Crippen LogP contribution < -0.4 is 10.2 Å². The zero-order valence-corrected chi connectivity index (χ0v) is 15.0. The number of nitrogens with zero attached hydrogens (tertiary/aromatic N) is 1. The van der Waals surface area contributed by atoms with Gasteiger partial charge in [0.1, 0.15) is 5.82 Å². The number of rotatable bonds is 6. The lowest BCUT2D eigenvalue weighted by atomic mass is 10.1. The number of hydrogen-bond donors (Lipinski definition) is 2. The molecule has 1 atom stereocenters. The van der Waals surface area contributed by atoms with E-state index in [0.29, 0.717) is 18.8 Å². The molecule has 0 radical (unpaired) electrons. The smallest absolute Gasteiger partial charge is 0.244 e. The second kappa shape index (κ2) is 9.30. The normalized spacial score (nSPS) is 15.7. The fourth-order valence-corrected chi connectivity index (χ4v) is 3.00. The minimum Gasteiger partial charge on any atom is -0.394 e. The summed E-state index contributed by atoms with van der Waals surface area (Å²) < 4.78 is 18.6. The van der Waals surface area contributed by atoms with Crippen molar-refractivity contribution in [3.63, 3.8) is 0 Å². The van der Waals surface area contributed by atoms with Crippen LogP contribution in [0.25, 0.3) is 6.08 Å². The quantitative estimate of drug-likeness (QED) is 0.767. The van der Waals surface area contributed by atoms with Crippen molar-refractivity contribution in [3.8, 4) is 0 Å². The van der Waals surface area contributed by atoms with E-state index in [2.05, 4.69) is 10.2 Å². The SMILES string of the molecule is O=C(/C=C/c1cccc(F)c1)NC(CO)c1cccc(N2CCOCC2)c1. The van der Waals surface area contributed by atoms with Gasteiger partial charge in [0.2, 0.25) is 5.91 Å². The Balaban J connectivity index is 1.66. The lowest BCUT2D eigenvalue weighted by Crippen LogP contribution is -2.36. The summed E-state index contributed by atoms with van der Waals surface area (Å²) in [6.07, 6.45) is 2.88. The van der Waals surface area contributed by atoms with Crippen LogP contribution in [0.1, 0.15) is 17.2 Å². The van der Waals surface area contributed by atoms with Crippen molar-refractivity contribution < 1.29 is 19.0 Å². The van der Waals surface area contributed by atoms with Crippen LogP contribution in [0.15, 0.2) is 54.6 Å². The Labute approximate surface area is 158 Å². The van der Waals surface area contributed by atoms with Crippen LogP contribution in [0.5, 0.6) is 0 Å². The Bertz CT molecular complexity index is 804. The molecule has 2 aromatic rings. The van der Waals surface area contributed by atoms with Crippen LogP contribution in [-0.2, 0) is 9.53 Å². The van der Waals surface area contributed by atoms with Gasteiger partial charge in [-0.15, -0.1) is 0 Å². The first kappa shape index (κ1) is 19.1. The number of benzene rings is 2. The van der Waals surface area contributed by atoms with Crippen molar-refractivity contribution in [1.82, 2.24) is 5.32 Å². The molecule has 27 heavy (non-hydrogen) atoms. The highest BCUT2D eigenvalue weighted by atomic mass is 19.1. The summed E-state index contributed by atoms with van der Waals surface area (Å²) in [5.41, 5.74) is 2.47. The Morgan fingerprint density at radius 1 is 1.22 bits per heavy atom. The van der Waals surface area contributed by atoms with Crippen molar-refractivity contribution >= 4 is 17.7 Å². The first-order valence-corrected chi connectivity index (χ1v) is 8.93. The van der Waals surface area contributed by atoms with E-state index in [1.165, 1.54) is 24.3 Å². The number of nitrogens with one attached hydrogen (secondary N) is 1. The highest BCUT2D eigenvalue weighted by Crippen LogP contribution is 2.21. The second-order valence-electron chi connectivity index (χ2n) is 6.33. The summed E-state index contributed by atoms with van der Waals surface area (Å²) in [5, 5.41) is 12.5. The monoisotopic (exact) mass is 370 g/mol. The molecule has 3 rings (SSSR count). The molecule has 1 aliphatic heterocycles. The van der Waals surface area contributed by atoms with Crippen molar-refractivity contribution in [2.75, 3.05) is 37.8 Å². The van der Waals surface area contributed by atoms with Crippen LogP contribution in [0.2, 0.25) is 0 Å². The number of anilines is 1. The molecule has 142 valence electrons. The average molecular weight is 370 g/mol. The van der Waals surface area contributed by atoms with E-state index in [1.807, 2.05) is 24.3 Å². The number of morpholine rings is 1. The molecule has 5 nitrogen and oxygen atoms in total. The van der Waals surface area contributed by atoms with E-state index < -0.39 is 6.04 Å². The number of carbonyl (C=O) groups excluding carboxylic acids is 1. The van der Waals surface area contributed by atoms with Gasteiger partial charge in [-0.2, -0.15) is 0 Å². The molecule has 1 aliphatic rings. The largest absolute Gasteiger partial charge is 0.394 e. The fraction of sp³-hybridized carbons (Fsp3) is 0.286. The Hall–Kier alpha value is -2.70. The molecule has 0 bridgehead atoms. The highest BCUT2D eigenvalue weighted by molar-refractivity contribution is 5.92. The number of aliphatic hydroxyl groups is 1. The molecule has 1 fully saturated rings. The maximum absolute atomic E-state index is 13.2. The topological polar surface area (TPSA) is 61.8 Å². The second-order valence-corrected chi connectivity index (χ2v) is 6.33. The van der Waals surface area contributed by atoms with E-state index in [0.717, 1.165) is 24.3 Å². The van der Waals surface area contributed by atoms with Crippen LogP contribution in [0.3, 0.4) is 0 Å². The Kier molecular flexibility index (Phi) is 6.57. The molecule has 1 amide bonds. The van der Waals surface area contributed by atoms with E-state index in [1.54, 1.807) is 12.1 Å². The number of halogens is 1.